The molecule has 1 fully saturated rings. The minimum absolute atomic E-state index is 0.500. The number of carbonyl (C=O) groups excluding carboxylic acids is 1. The third-order valence-corrected chi connectivity index (χ3v) is 4.34. The van der Waals surface area contributed by atoms with Gasteiger partial charge in [-0.15, -0.1) is 0 Å². The molecule has 1 rings (SSSR count). The molecule has 0 aromatic heterocycles. The van der Waals surface area contributed by atoms with Crippen LogP contribution in [0.15, 0.2) is 0 Å². The van der Waals surface area contributed by atoms with Crippen LogP contribution in [0, 0.1) is 11.8 Å². The van der Waals surface area contributed by atoms with Crippen molar-refractivity contribution in [1.82, 2.24) is 0 Å². The molecule has 0 bridgehead atoms. The number of ketones is 1. The van der Waals surface area contributed by atoms with Gasteiger partial charge in [-0.25, -0.2) is 0 Å². The van der Waals surface area contributed by atoms with E-state index in [1.165, 1.54) is 44.9 Å². The van der Waals surface area contributed by atoms with E-state index in [4.69, 9.17) is 5.73 Å². The van der Waals surface area contributed by atoms with E-state index in [0.29, 0.717) is 17.6 Å². The van der Waals surface area contributed by atoms with Crippen LogP contribution in [-0.2, 0) is 4.79 Å². The Morgan fingerprint density at radius 3 is 2.50 bits per heavy atom. The highest BCUT2D eigenvalue weighted by atomic mass is 16.1. The number of carbonyl (C=O) groups is 1. The van der Waals surface area contributed by atoms with Gasteiger partial charge < -0.3 is 5.73 Å². The first-order valence-electron chi connectivity index (χ1n) is 7.98. The maximum absolute atomic E-state index is 12.0. The van der Waals surface area contributed by atoms with Crippen LogP contribution < -0.4 is 5.73 Å². The van der Waals surface area contributed by atoms with Crippen molar-refractivity contribution in [3.05, 3.63) is 0 Å². The Hall–Kier alpha value is -0.370. The summed E-state index contributed by atoms with van der Waals surface area (Å²) >= 11 is 0. The fraction of sp³-hybridized carbons (Fsp3) is 0.938. The van der Waals surface area contributed by atoms with Crippen molar-refractivity contribution in [2.24, 2.45) is 17.6 Å². The first-order chi connectivity index (χ1) is 8.76. The van der Waals surface area contributed by atoms with Crippen LogP contribution in [0.1, 0.15) is 77.6 Å². The summed E-state index contributed by atoms with van der Waals surface area (Å²) in [7, 11) is 0. The maximum atomic E-state index is 12.0. The molecule has 0 aliphatic heterocycles. The molecule has 0 aromatic carbocycles. The smallest absolute Gasteiger partial charge is 0.133 e. The molecule has 1 aliphatic carbocycles. The highest BCUT2D eigenvalue weighted by Gasteiger charge is 2.17. The fourth-order valence-electron chi connectivity index (χ4n) is 3.26. The van der Waals surface area contributed by atoms with E-state index in [9.17, 15) is 4.79 Å². The van der Waals surface area contributed by atoms with Crippen LogP contribution >= 0.6 is 0 Å². The van der Waals surface area contributed by atoms with Gasteiger partial charge in [-0.05, 0) is 31.2 Å². The molecule has 1 atom stereocenters. The second-order valence-electron chi connectivity index (χ2n) is 6.02. The van der Waals surface area contributed by atoms with Crippen LogP contribution in [-0.4, -0.2) is 12.3 Å². The molecule has 18 heavy (non-hydrogen) atoms. The molecule has 2 N–H and O–H groups in total. The Morgan fingerprint density at radius 2 is 1.89 bits per heavy atom. The fourth-order valence-corrected chi connectivity index (χ4v) is 3.26. The highest BCUT2D eigenvalue weighted by molar-refractivity contribution is 5.78. The van der Waals surface area contributed by atoms with E-state index in [-0.39, 0.29) is 0 Å². The van der Waals surface area contributed by atoms with Gasteiger partial charge in [0.25, 0.3) is 0 Å². The molecule has 0 heterocycles. The van der Waals surface area contributed by atoms with Crippen LogP contribution in [0.5, 0.6) is 0 Å². The summed E-state index contributed by atoms with van der Waals surface area (Å²) in [5.41, 5.74) is 5.63. The van der Waals surface area contributed by atoms with E-state index in [0.717, 1.165) is 32.2 Å². The summed E-state index contributed by atoms with van der Waals surface area (Å²) < 4.78 is 0. The maximum Gasteiger partial charge on any atom is 0.133 e. The Balaban J connectivity index is 2.17. The zero-order chi connectivity index (χ0) is 13.2. The minimum Gasteiger partial charge on any atom is -0.330 e. The van der Waals surface area contributed by atoms with Crippen LogP contribution in [0.4, 0.5) is 0 Å². The quantitative estimate of drug-likeness (QED) is 0.673. The Morgan fingerprint density at radius 1 is 1.17 bits per heavy atom. The van der Waals surface area contributed by atoms with E-state index >= 15 is 0 Å². The Labute approximate surface area is 113 Å². The zero-order valence-corrected chi connectivity index (χ0v) is 12.1. The van der Waals surface area contributed by atoms with Gasteiger partial charge >= 0.3 is 0 Å². The third kappa shape index (κ3) is 6.53. The number of nitrogens with two attached hydrogens (primary N) is 1. The summed E-state index contributed by atoms with van der Waals surface area (Å²) in [5.74, 6) is 1.88. The topological polar surface area (TPSA) is 43.1 Å². The summed E-state index contributed by atoms with van der Waals surface area (Å²) in [6.07, 6.45) is 12.9. The van der Waals surface area contributed by atoms with Gasteiger partial charge in [0, 0.05) is 12.8 Å². The number of hydrogen-bond donors (Lipinski definition) is 1. The lowest BCUT2D eigenvalue weighted by Gasteiger charge is -2.21. The van der Waals surface area contributed by atoms with Gasteiger partial charge in [-0.2, -0.15) is 0 Å². The van der Waals surface area contributed by atoms with Gasteiger partial charge in [-0.1, -0.05) is 51.9 Å². The van der Waals surface area contributed by atoms with Crippen molar-refractivity contribution in [1.29, 1.82) is 0 Å². The molecule has 2 heteroatoms. The number of hydrogen-bond acceptors (Lipinski definition) is 2. The molecule has 0 aromatic rings. The molecule has 0 radical (unpaired) electrons. The molecule has 1 aliphatic rings. The molecule has 0 amide bonds. The largest absolute Gasteiger partial charge is 0.330 e. The van der Waals surface area contributed by atoms with Gasteiger partial charge in [0.05, 0.1) is 0 Å². The molecule has 2 nitrogen and oxygen atoms in total. The molecular formula is C16H31NO. The predicted molar refractivity (Wildman–Crippen MR) is 77.5 cm³/mol. The van der Waals surface area contributed by atoms with Gasteiger partial charge in [0.15, 0.2) is 0 Å². The third-order valence-electron chi connectivity index (χ3n) is 4.34. The Bertz CT molecular complexity index is 215. The SMILES string of the molecule is CCCC(CCN)CCC(=O)CC1CCCCC1. The highest BCUT2D eigenvalue weighted by Crippen LogP contribution is 2.27. The lowest BCUT2D eigenvalue weighted by Crippen LogP contribution is -2.14. The van der Waals surface area contributed by atoms with Crippen molar-refractivity contribution in [2.45, 2.75) is 77.6 Å². The number of rotatable bonds is 9. The second kappa shape index (κ2) is 9.55. The summed E-state index contributed by atoms with van der Waals surface area (Å²) in [4.78, 5) is 12.0. The zero-order valence-electron chi connectivity index (χ0n) is 12.1. The molecule has 106 valence electrons. The lowest BCUT2D eigenvalue weighted by atomic mass is 9.84. The minimum atomic E-state index is 0.500. The van der Waals surface area contributed by atoms with Gasteiger partial charge in [0.1, 0.15) is 5.78 Å². The van der Waals surface area contributed by atoms with E-state index < -0.39 is 0 Å². The van der Waals surface area contributed by atoms with Crippen molar-refractivity contribution in [3.63, 3.8) is 0 Å². The Kier molecular flexibility index (Phi) is 8.32. The lowest BCUT2D eigenvalue weighted by molar-refractivity contribution is -0.120. The summed E-state index contributed by atoms with van der Waals surface area (Å²) in [5, 5.41) is 0. The van der Waals surface area contributed by atoms with Crippen molar-refractivity contribution >= 4 is 5.78 Å². The average molecular weight is 253 g/mol. The molecule has 1 unspecified atom stereocenters. The van der Waals surface area contributed by atoms with E-state index in [2.05, 4.69) is 6.92 Å². The van der Waals surface area contributed by atoms with Crippen molar-refractivity contribution in [2.75, 3.05) is 6.54 Å². The van der Waals surface area contributed by atoms with Crippen molar-refractivity contribution < 1.29 is 4.79 Å². The first-order valence-corrected chi connectivity index (χ1v) is 7.98. The number of Topliss-reactive ketones (excluding diaryl/α,β-unsaturated/α-hetero) is 1. The van der Waals surface area contributed by atoms with E-state index in [1.807, 2.05) is 0 Å². The standard InChI is InChI=1S/C16H31NO/c1-2-6-14(11-12-17)9-10-16(18)13-15-7-4-3-5-8-15/h14-15H,2-13,17H2,1H3. The van der Waals surface area contributed by atoms with Gasteiger partial charge in [-0.3, -0.25) is 4.79 Å². The van der Waals surface area contributed by atoms with Crippen LogP contribution in [0.2, 0.25) is 0 Å². The molecule has 0 saturated heterocycles. The molecule has 1 saturated carbocycles. The van der Waals surface area contributed by atoms with Crippen molar-refractivity contribution in [3.8, 4) is 0 Å². The van der Waals surface area contributed by atoms with Gasteiger partial charge in [0.2, 0.25) is 0 Å². The molecular weight excluding hydrogens is 222 g/mol. The van der Waals surface area contributed by atoms with E-state index in [1.54, 1.807) is 0 Å². The summed E-state index contributed by atoms with van der Waals surface area (Å²) in [6, 6.07) is 0. The monoisotopic (exact) mass is 253 g/mol. The summed E-state index contributed by atoms with van der Waals surface area (Å²) in [6.45, 7) is 2.98. The normalized spacial score (nSPS) is 18.8. The van der Waals surface area contributed by atoms with Crippen LogP contribution in [0.25, 0.3) is 0 Å². The van der Waals surface area contributed by atoms with Crippen LogP contribution in [0.3, 0.4) is 0 Å². The molecule has 0 spiro atoms. The second-order valence-corrected chi connectivity index (χ2v) is 6.02. The predicted octanol–water partition coefficient (Wildman–Crippen LogP) is 4.07. The first kappa shape index (κ1) is 15.7. The average Bonchev–Trinajstić information content (AvgIpc) is 2.38.